The van der Waals surface area contributed by atoms with Gasteiger partial charge in [0.1, 0.15) is 11.4 Å². The summed E-state index contributed by atoms with van der Waals surface area (Å²) in [5, 5.41) is 3.62. The molecule has 5 nitrogen and oxygen atoms in total. The van der Waals surface area contributed by atoms with Gasteiger partial charge in [0.25, 0.3) is 0 Å². The molecule has 0 spiro atoms. The van der Waals surface area contributed by atoms with Crippen molar-refractivity contribution in [2.45, 2.75) is 13.8 Å². The van der Waals surface area contributed by atoms with Crippen LogP contribution in [0.2, 0.25) is 0 Å². The Morgan fingerprint density at radius 2 is 1.78 bits per heavy atom. The van der Waals surface area contributed by atoms with E-state index in [1.54, 1.807) is 30.3 Å². The summed E-state index contributed by atoms with van der Waals surface area (Å²) in [6, 6.07) is 14.3. The molecule has 0 atom stereocenters. The first kappa shape index (κ1) is 14.8. The molecule has 116 valence electrons. The molecule has 1 aromatic heterocycles. The molecule has 5 heteroatoms. The number of aromatic nitrogens is 1. The molecule has 3 aromatic rings. The van der Waals surface area contributed by atoms with Crippen LogP contribution in [0.1, 0.15) is 23.0 Å². The molecule has 3 rings (SSSR count). The molecule has 2 aromatic carbocycles. The Balaban J connectivity index is 1.76. The lowest BCUT2D eigenvalue weighted by Gasteiger charge is -2.05. The standard InChI is InChI=1S/C18H16N2O3/c1-11-3-4-13-10-17(20-16(13)9-11)18(22)23-15-7-5-14(6-8-15)19-12(2)21/h3-10,20H,1-2H3,(H,19,21). The topological polar surface area (TPSA) is 71.2 Å². The van der Waals surface area contributed by atoms with Gasteiger partial charge in [-0.15, -0.1) is 0 Å². The van der Waals surface area contributed by atoms with E-state index in [0.717, 1.165) is 16.5 Å². The van der Waals surface area contributed by atoms with E-state index in [4.69, 9.17) is 4.74 Å². The van der Waals surface area contributed by atoms with Crippen molar-refractivity contribution in [3.05, 3.63) is 59.8 Å². The molecule has 0 unspecified atom stereocenters. The van der Waals surface area contributed by atoms with Crippen molar-refractivity contribution in [2.24, 2.45) is 0 Å². The highest BCUT2D eigenvalue weighted by Gasteiger charge is 2.12. The second-order valence-corrected chi connectivity index (χ2v) is 5.37. The highest BCUT2D eigenvalue weighted by molar-refractivity contribution is 5.96. The molecular formula is C18H16N2O3. The van der Waals surface area contributed by atoms with Gasteiger partial charge in [-0.1, -0.05) is 12.1 Å². The Morgan fingerprint density at radius 3 is 2.48 bits per heavy atom. The van der Waals surface area contributed by atoms with Crippen LogP contribution >= 0.6 is 0 Å². The average Bonchev–Trinajstić information content (AvgIpc) is 2.92. The highest BCUT2D eigenvalue weighted by Crippen LogP contribution is 2.20. The molecule has 0 aliphatic heterocycles. The van der Waals surface area contributed by atoms with Crippen LogP contribution in [0.4, 0.5) is 5.69 Å². The fraction of sp³-hybridized carbons (Fsp3) is 0.111. The molecule has 0 saturated carbocycles. The third-order valence-corrected chi connectivity index (χ3v) is 3.38. The van der Waals surface area contributed by atoms with Crippen molar-refractivity contribution in [1.29, 1.82) is 0 Å². The van der Waals surface area contributed by atoms with E-state index in [1.807, 2.05) is 25.1 Å². The van der Waals surface area contributed by atoms with Crippen LogP contribution in [0.3, 0.4) is 0 Å². The van der Waals surface area contributed by atoms with Gasteiger partial charge in [0.15, 0.2) is 0 Å². The van der Waals surface area contributed by atoms with Gasteiger partial charge in [-0.25, -0.2) is 4.79 Å². The first-order chi connectivity index (χ1) is 11.0. The number of esters is 1. The smallest absolute Gasteiger partial charge is 0.360 e. The average molecular weight is 308 g/mol. The number of anilines is 1. The van der Waals surface area contributed by atoms with Gasteiger partial charge < -0.3 is 15.0 Å². The van der Waals surface area contributed by atoms with E-state index in [2.05, 4.69) is 10.3 Å². The second-order valence-electron chi connectivity index (χ2n) is 5.37. The molecule has 0 aliphatic rings. The predicted octanol–water partition coefficient (Wildman–Crippen LogP) is 3.65. The zero-order chi connectivity index (χ0) is 16.4. The SMILES string of the molecule is CC(=O)Nc1ccc(OC(=O)c2cc3ccc(C)cc3[nH]2)cc1. The molecular weight excluding hydrogens is 292 g/mol. The zero-order valence-electron chi connectivity index (χ0n) is 12.8. The number of aromatic amines is 1. The first-order valence-corrected chi connectivity index (χ1v) is 7.20. The van der Waals surface area contributed by atoms with Gasteiger partial charge in [0.05, 0.1) is 0 Å². The lowest BCUT2D eigenvalue weighted by molar-refractivity contribution is -0.114. The van der Waals surface area contributed by atoms with Crippen LogP contribution in [0, 0.1) is 6.92 Å². The highest BCUT2D eigenvalue weighted by atomic mass is 16.5. The van der Waals surface area contributed by atoms with Crippen LogP contribution in [-0.2, 0) is 4.79 Å². The van der Waals surface area contributed by atoms with Crippen LogP contribution in [-0.4, -0.2) is 16.9 Å². The number of H-pyrrole nitrogens is 1. The number of nitrogens with one attached hydrogen (secondary N) is 2. The quantitative estimate of drug-likeness (QED) is 0.573. The van der Waals surface area contributed by atoms with Gasteiger partial charge in [0, 0.05) is 23.5 Å². The summed E-state index contributed by atoms with van der Waals surface area (Å²) < 4.78 is 5.34. The Labute approximate surface area is 133 Å². The van der Waals surface area contributed by atoms with Crippen molar-refractivity contribution in [1.82, 2.24) is 4.98 Å². The molecule has 2 N–H and O–H groups in total. The molecule has 0 saturated heterocycles. The Morgan fingerprint density at radius 1 is 1.04 bits per heavy atom. The summed E-state index contributed by atoms with van der Waals surface area (Å²) in [5.41, 5.74) is 3.07. The molecule has 1 amide bonds. The minimum absolute atomic E-state index is 0.150. The summed E-state index contributed by atoms with van der Waals surface area (Å²) in [5.74, 6) is -0.187. The fourth-order valence-corrected chi connectivity index (χ4v) is 2.32. The summed E-state index contributed by atoms with van der Waals surface area (Å²) in [6.45, 7) is 3.43. The summed E-state index contributed by atoms with van der Waals surface area (Å²) in [7, 11) is 0. The van der Waals surface area contributed by atoms with Crippen LogP contribution in [0.25, 0.3) is 10.9 Å². The molecule has 0 bridgehead atoms. The lowest BCUT2D eigenvalue weighted by atomic mass is 10.2. The number of ether oxygens (including phenoxy) is 1. The van der Waals surface area contributed by atoms with Crippen LogP contribution < -0.4 is 10.1 Å². The zero-order valence-corrected chi connectivity index (χ0v) is 12.8. The number of benzene rings is 2. The second kappa shape index (κ2) is 5.96. The lowest BCUT2D eigenvalue weighted by Crippen LogP contribution is -2.09. The number of hydrogen-bond acceptors (Lipinski definition) is 3. The Hall–Kier alpha value is -3.08. The summed E-state index contributed by atoms with van der Waals surface area (Å²) >= 11 is 0. The van der Waals surface area contributed by atoms with Crippen molar-refractivity contribution in [2.75, 3.05) is 5.32 Å². The maximum absolute atomic E-state index is 12.2. The summed E-state index contributed by atoms with van der Waals surface area (Å²) in [4.78, 5) is 26.2. The van der Waals surface area contributed by atoms with E-state index in [0.29, 0.717) is 17.1 Å². The van der Waals surface area contributed by atoms with Gasteiger partial charge in [-0.3, -0.25) is 4.79 Å². The Bertz CT molecular complexity index is 879. The number of carbonyl (C=O) groups is 2. The third kappa shape index (κ3) is 3.40. The maximum atomic E-state index is 12.2. The third-order valence-electron chi connectivity index (χ3n) is 3.38. The number of amides is 1. The van der Waals surface area contributed by atoms with Crippen LogP contribution in [0.5, 0.6) is 5.75 Å². The minimum atomic E-state index is -0.453. The number of fused-ring (bicyclic) bond motifs is 1. The first-order valence-electron chi connectivity index (χ1n) is 7.20. The normalized spacial score (nSPS) is 10.5. The minimum Gasteiger partial charge on any atom is -0.422 e. The van der Waals surface area contributed by atoms with Gasteiger partial charge in [-0.05, 0) is 48.9 Å². The van der Waals surface area contributed by atoms with Gasteiger partial charge >= 0.3 is 5.97 Å². The van der Waals surface area contributed by atoms with Gasteiger partial charge in [-0.2, -0.15) is 0 Å². The Kier molecular flexibility index (Phi) is 3.85. The molecule has 0 aliphatic carbocycles. The molecule has 0 fully saturated rings. The maximum Gasteiger partial charge on any atom is 0.360 e. The fourth-order valence-electron chi connectivity index (χ4n) is 2.32. The van der Waals surface area contributed by atoms with Crippen molar-refractivity contribution >= 4 is 28.5 Å². The monoisotopic (exact) mass is 308 g/mol. The van der Waals surface area contributed by atoms with Crippen molar-refractivity contribution < 1.29 is 14.3 Å². The predicted molar refractivity (Wildman–Crippen MR) is 88.7 cm³/mol. The van der Waals surface area contributed by atoms with Gasteiger partial charge in [0.2, 0.25) is 5.91 Å². The molecule has 0 radical (unpaired) electrons. The number of rotatable bonds is 3. The number of carbonyl (C=O) groups excluding carboxylic acids is 2. The van der Waals surface area contributed by atoms with E-state index in [1.165, 1.54) is 6.92 Å². The largest absolute Gasteiger partial charge is 0.422 e. The van der Waals surface area contributed by atoms with E-state index >= 15 is 0 Å². The molecule has 23 heavy (non-hydrogen) atoms. The molecule has 1 heterocycles. The van der Waals surface area contributed by atoms with E-state index in [-0.39, 0.29) is 5.91 Å². The van der Waals surface area contributed by atoms with Crippen molar-refractivity contribution in [3.8, 4) is 5.75 Å². The van der Waals surface area contributed by atoms with E-state index in [9.17, 15) is 9.59 Å². The number of aryl methyl sites for hydroxylation is 1. The number of hydrogen-bond donors (Lipinski definition) is 2. The van der Waals surface area contributed by atoms with Crippen molar-refractivity contribution in [3.63, 3.8) is 0 Å². The summed E-state index contributed by atoms with van der Waals surface area (Å²) in [6.07, 6.45) is 0. The van der Waals surface area contributed by atoms with Crippen LogP contribution in [0.15, 0.2) is 48.5 Å². The van der Waals surface area contributed by atoms with E-state index < -0.39 is 5.97 Å².